The summed E-state index contributed by atoms with van der Waals surface area (Å²) in [5.74, 6) is -0.600. The first-order valence-corrected chi connectivity index (χ1v) is 16.9. The molecule has 1 aliphatic carbocycles. The Bertz CT molecular complexity index is 1630. The van der Waals surface area contributed by atoms with Gasteiger partial charge in [0.05, 0.1) is 38.6 Å². The Morgan fingerprint density at radius 2 is 1.76 bits per heavy atom. The molecule has 0 radical (unpaired) electrons. The quantitative estimate of drug-likeness (QED) is 0.235. The van der Waals surface area contributed by atoms with Gasteiger partial charge < -0.3 is 10.1 Å². The van der Waals surface area contributed by atoms with Crippen LogP contribution >= 0.6 is 0 Å². The number of carbonyl (C=O) groups is 2. The van der Waals surface area contributed by atoms with E-state index in [1.807, 2.05) is 57.2 Å². The van der Waals surface area contributed by atoms with Crippen molar-refractivity contribution in [1.29, 1.82) is 5.26 Å². The van der Waals surface area contributed by atoms with Crippen LogP contribution in [0.5, 0.6) is 0 Å². The molecular weight excluding hydrogens is 603 g/mol. The van der Waals surface area contributed by atoms with E-state index in [0.29, 0.717) is 42.9 Å². The van der Waals surface area contributed by atoms with E-state index < -0.39 is 45.1 Å². The van der Waals surface area contributed by atoms with Crippen LogP contribution in [-0.4, -0.2) is 38.4 Å². The monoisotopic (exact) mass is 644 g/mol. The summed E-state index contributed by atoms with van der Waals surface area (Å²) in [5.41, 5.74) is 1.55. The Morgan fingerprint density at radius 3 is 2.46 bits per heavy atom. The molecule has 8 nitrogen and oxygen atoms in total. The van der Waals surface area contributed by atoms with Crippen molar-refractivity contribution in [2.45, 2.75) is 82.2 Å². The summed E-state index contributed by atoms with van der Waals surface area (Å²) in [6.07, 6.45) is 4.07. The fraction of sp³-hybridized carbons (Fsp3) is 0.417. The predicted molar refractivity (Wildman–Crippen MR) is 176 cm³/mol. The molecule has 1 heterocycles. The van der Waals surface area contributed by atoms with E-state index in [9.17, 15) is 19.1 Å². The molecule has 10 heteroatoms. The first-order chi connectivity index (χ1) is 22.0. The summed E-state index contributed by atoms with van der Waals surface area (Å²) in [6.45, 7) is 6.07. The molecule has 3 aromatic carbocycles. The first kappa shape index (κ1) is 33.3. The van der Waals surface area contributed by atoms with Gasteiger partial charge in [0.1, 0.15) is 18.5 Å². The summed E-state index contributed by atoms with van der Waals surface area (Å²) < 4.78 is 37.4. The highest BCUT2D eigenvalue weighted by atomic mass is 32.2. The maximum absolute atomic E-state index is 15.4. The third-order valence-corrected chi connectivity index (χ3v) is 10.3. The summed E-state index contributed by atoms with van der Waals surface area (Å²) in [5, 5.41) is 12.4. The van der Waals surface area contributed by atoms with E-state index in [4.69, 9.17) is 4.74 Å². The average Bonchev–Trinajstić information content (AvgIpc) is 3.75. The van der Waals surface area contributed by atoms with E-state index >= 15 is 4.39 Å². The lowest BCUT2D eigenvalue weighted by Crippen LogP contribution is -2.49. The van der Waals surface area contributed by atoms with Gasteiger partial charge in [-0.25, -0.2) is 18.1 Å². The Labute approximate surface area is 272 Å². The van der Waals surface area contributed by atoms with Crippen molar-refractivity contribution in [2.24, 2.45) is 5.92 Å². The van der Waals surface area contributed by atoms with Crippen molar-refractivity contribution in [3.63, 3.8) is 0 Å². The van der Waals surface area contributed by atoms with Gasteiger partial charge in [0.25, 0.3) is 0 Å². The van der Waals surface area contributed by atoms with Crippen LogP contribution in [0.15, 0.2) is 72.8 Å². The molecule has 1 saturated carbocycles. The molecule has 1 aliphatic heterocycles. The highest BCUT2D eigenvalue weighted by molar-refractivity contribution is 7.84. The second-order valence-corrected chi connectivity index (χ2v) is 15.1. The van der Waals surface area contributed by atoms with Gasteiger partial charge in [0.15, 0.2) is 0 Å². The van der Waals surface area contributed by atoms with Crippen LogP contribution in [0.25, 0.3) is 0 Å². The second kappa shape index (κ2) is 14.1. The van der Waals surface area contributed by atoms with Gasteiger partial charge >= 0.3 is 6.09 Å². The van der Waals surface area contributed by atoms with Gasteiger partial charge in [-0.2, -0.15) is 5.26 Å². The van der Waals surface area contributed by atoms with Crippen molar-refractivity contribution >= 4 is 28.7 Å². The predicted octanol–water partition coefficient (Wildman–Crippen LogP) is 6.92. The zero-order valence-electron chi connectivity index (χ0n) is 26.6. The largest absolute Gasteiger partial charge is 0.445 e. The molecule has 5 rings (SSSR count). The standard InChI is InChI=1S/C36H41FN4O4S/c1-35(2,3)46(44)40-36(19-18-25-14-15-25,28-12-7-11-27(21-28)23-38)29-16-17-30(37)31(22-29)39-33(42)32-13-8-20-41(32)34(43)45-24-26-9-5-4-6-10-26/h4-7,9-12,16-17,21-22,25,32,40H,8,13-15,18-20,24H2,1-3H3,(H,39,42)/t32-,36?,46?/m1/s1. The lowest BCUT2D eigenvalue weighted by Gasteiger charge is -2.38. The topological polar surface area (TPSA) is 112 Å². The van der Waals surface area contributed by atoms with Crippen LogP contribution in [0.2, 0.25) is 0 Å². The van der Waals surface area contributed by atoms with Gasteiger partial charge in [-0.15, -0.1) is 0 Å². The summed E-state index contributed by atoms with van der Waals surface area (Å²) >= 11 is 0. The molecule has 0 bridgehead atoms. The van der Waals surface area contributed by atoms with Gasteiger partial charge in [0.2, 0.25) is 5.91 Å². The third-order valence-electron chi connectivity index (χ3n) is 8.64. The average molecular weight is 645 g/mol. The molecular formula is C36H41FN4O4S. The number of hydrogen-bond acceptors (Lipinski definition) is 5. The number of nitrogens with one attached hydrogen (secondary N) is 2. The number of likely N-dealkylation sites (tertiary alicyclic amines) is 1. The van der Waals surface area contributed by atoms with Gasteiger partial charge in [0, 0.05) is 6.54 Å². The maximum atomic E-state index is 15.4. The molecule has 2 aliphatic rings. The number of benzene rings is 3. The minimum absolute atomic E-state index is 0.0393. The third kappa shape index (κ3) is 7.83. The lowest BCUT2D eigenvalue weighted by atomic mass is 9.79. The van der Waals surface area contributed by atoms with Gasteiger partial charge in [-0.1, -0.05) is 61.4 Å². The number of nitriles is 1. The zero-order valence-corrected chi connectivity index (χ0v) is 27.4. The second-order valence-electron chi connectivity index (χ2n) is 13.1. The first-order valence-electron chi connectivity index (χ1n) is 15.8. The number of rotatable bonds is 11. The Hall–Kier alpha value is -4.07. The minimum atomic E-state index is -1.53. The Kier molecular flexibility index (Phi) is 10.2. The maximum Gasteiger partial charge on any atom is 0.410 e. The summed E-state index contributed by atoms with van der Waals surface area (Å²) in [7, 11) is -1.53. The summed E-state index contributed by atoms with van der Waals surface area (Å²) in [4.78, 5) is 27.9. The number of hydrogen-bond donors (Lipinski definition) is 2. The number of anilines is 1. The van der Waals surface area contributed by atoms with Crippen molar-refractivity contribution in [3.8, 4) is 6.07 Å². The van der Waals surface area contributed by atoms with Crippen LogP contribution in [0.4, 0.5) is 14.9 Å². The number of carbonyl (C=O) groups excluding carboxylic acids is 2. The molecule has 2 unspecified atom stereocenters. The van der Waals surface area contributed by atoms with Crippen LogP contribution < -0.4 is 10.0 Å². The van der Waals surface area contributed by atoms with Crippen LogP contribution in [0, 0.1) is 23.1 Å². The van der Waals surface area contributed by atoms with E-state index in [1.165, 1.54) is 11.0 Å². The Morgan fingerprint density at radius 1 is 1.02 bits per heavy atom. The molecule has 242 valence electrons. The molecule has 2 N–H and O–H groups in total. The number of amides is 2. The Balaban J connectivity index is 1.45. The molecule has 0 spiro atoms. The van der Waals surface area contributed by atoms with Gasteiger partial charge in [-0.3, -0.25) is 9.69 Å². The molecule has 1 saturated heterocycles. The summed E-state index contributed by atoms with van der Waals surface area (Å²) in [6, 6.07) is 22.4. The highest BCUT2D eigenvalue weighted by Gasteiger charge is 2.41. The highest BCUT2D eigenvalue weighted by Crippen LogP contribution is 2.43. The smallest absolute Gasteiger partial charge is 0.410 e. The normalized spacial score (nSPS) is 18.3. The van der Waals surface area contributed by atoms with Crippen LogP contribution in [0.1, 0.15) is 81.5 Å². The van der Waals surface area contributed by atoms with Crippen molar-refractivity contribution in [3.05, 3.63) is 101 Å². The van der Waals surface area contributed by atoms with Crippen LogP contribution in [0.3, 0.4) is 0 Å². The van der Waals surface area contributed by atoms with Crippen molar-refractivity contribution in [1.82, 2.24) is 9.62 Å². The SMILES string of the molecule is CC(C)(C)S(=O)NC(CCC1CC1)(c1cccc(C#N)c1)c1ccc(F)c(NC(=O)[C@H]2CCCN2C(=O)OCc2ccccc2)c1. The van der Waals surface area contributed by atoms with E-state index in [-0.39, 0.29) is 12.3 Å². The zero-order chi connectivity index (χ0) is 32.9. The van der Waals surface area contributed by atoms with E-state index in [1.54, 1.807) is 30.3 Å². The number of ether oxygens (including phenoxy) is 1. The number of nitrogens with zero attached hydrogens (tertiary/aromatic N) is 2. The minimum Gasteiger partial charge on any atom is -0.445 e. The number of halogens is 1. The molecule has 2 fully saturated rings. The fourth-order valence-corrected chi connectivity index (χ4v) is 6.74. The van der Waals surface area contributed by atoms with E-state index in [0.717, 1.165) is 30.4 Å². The molecule has 3 atom stereocenters. The van der Waals surface area contributed by atoms with E-state index in [2.05, 4.69) is 16.1 Å². The molecule has 0 aromatic heterocycles. The molecule has 3 aromatic rings. The van der Waals surface area contributed by atoms with Crippen molar-refractivity contribution < 1.29 is 22.9 Å². The lowest BCUT2D eigenvalue weighted by molar-refractivity contribution is -0.120. The van der Waals surface area contributed by atoms with Crippen LogP contribution in [-0.2, 0) is 32.7 Å². The van der Waals surface area contributed by atoms with Gasteiger partial charge in [-0.05, 0) is 93.3 Å². The molecule has 2 amide bonds. The fourth-order valence-electron chi connectivity index (χ4n) is 5.78. The molecule has 46 heavy (non-hydrogen) atoms. The van der Waals surface area contributed by atoms with Crippen molar-refractivity contribution in [2.75, 3.05) is 11.9 Å².